The maximum atomic E-state index is 11.8. The van der Waals surface area contributed by atoms with E-state index in [2.05, 4.69) is 15.5 Å². The van der Waals surface area contributed by atoms with Gasteiger partial charge in [-0.3, -0.25) is 0 Å². The molecule has 0 aromatic rings. The molecule has 1 unspecified atom stereocenters. The first kappa shape index (κ1) is 16.6. The van der Waals surface area contributed by atoms with Gasteiger partial charge >= 0.3 is 6.03 Å². The summed E-state index contributed by atoms with van der Waals surface area (Å²) in [7, 11) is 0. The molecule has 1 atom stereocenters. The molecule has 1 aliphatic carbocycles. The third kappa shape index (κ3) is 5.47. The van der Waals surface area contributed by atoms with Crippen molar-refractivity contribution >= 4 is 6.03 Å². The van der Waals surface area contributed by atoms with E-state index in [4.69, 9.17) is 0 Å². The van der Waals surface area contributed by atoms with Gasteiger partial charge in [-0.15, -0.1) is 0 Å². The zero-order valence-electron chi connectivity index (χ0n) is 13.3. The van der Waals surface area contributed by atoms with E-state index < -0.39 is 6.10 Å². The van der Waals surface area contributed by atoms with Gasteiger partial charge in [0.1, 0.15) is 0 Å². The lowest BCUT2D eigenvalue weighted by Crippen LogP contribution is -2.50. The first-order valence-electron chi connectivity index (χ1n) is 8.65. The predicted molar refractivity (Wildman–Crippen MR) is 84.3 cm³/mol. The maximum Gasteiger partial charge on any atom is 0.315 e. The fourth-order valence-electron chi connectivity index (χ4n) is 3.56. The number of carbonyl (C=O) groups excluding carboxylic acids is 1. The molecule has 0 radical (unpaired) electrons. The molecule has 5 nitrogen and oxygen atoms in total. The lowest BCUT2D eigenvalue weighted by atomic mass is 10.0. The van der Waals surface area contributed by atoms with Crippen molar-refractivity contribution in [2.75, 3.05) is 19.6 Å². The molecular formula is C16H31N3O2. The molecule has 5 heteroatoms. The molecular weight excluding hydrogens is 266 g/mol. The number of amides is 2. The molecule has 1 saturated heterocycles. The van der Waals surface area contributed by atoms with Crippen molar-refractivity contribution in [1.82, 2.24) is 15.5 Å². The SMILES string of the molecule is CCCC(O)CNC(=O)NC1CCN(C2CCCC2)CC1. The molecule has 0 spiro atoms. The molecule has 1 saturated carbocycles. The Kier molecular flexibility index (Phi) is 6.77. The zero-order chi connectivity index (χ0) is 15.1. The van der Waals surface area contributed by atoms with Crippen molar-refractivity contribution in [2.45, 2.75) is 76.5 Å². The Hall–Kier alpha value is -0.810. The Labute approximate surface area is 128 Å². The molecule has 1 aliphatic heterocycles. The Morgan fingerprint density at radius 3 is 2.52 bits per heavy atom. The third-order valence-corrected chi connectivity index (χ3v) is 4.83. The number of rotatable bonds is 6. The average molecular weight is 297 g/mol. The second kappa shape index (κ2) is 8.59. The largest absolute Gasteiger partial charge is 0.391 e. The summed E-state index contributed by atoms with van der Waals surface area (Å²) in [6.45, 7) is 4.59. The van der Waals surface area contributed by atoms with Crippen molar-refractivity contribution < 1.29 is 9.90 Å². The fraction of sp³-hybridized carbons (Fsp3) is 0.938. The van der Waals surface area contributed by atoms with E-state index in [-0.39, 0.29) is 12.1 Å². The van der Waals surface area contributed by atoms with E-state index in [0.717, 1.165) is 44.8 Å². The fourth-order valence-corrected chi connectivity index (χ4v) is 3.56. The highest BCUT2D eigenvalue weighted by atomic mass is 16.3. The smallest absolute Gasteiger partial charge is 0.315 e. The highest BCUT2D eigenvalue weighted by Gasteiger charge is 2.27. The van der Waals surface area contributed by atoms with Gasteiger partial charge in [0.25, 0.3) is 0 Å². The number of urea groups is 1. The molecule has 2 amide bonds. The molecule has 3 N–H and O–H groups in total. The lowest BCUT2D eigenvalue weighted by Gasteiger charge is -2.36. The summed E-state index contributed by atoms with van der Waals surface area (Å²) >= 11 is 0. The minimum Gasteiger partial charge on any atom is -0.391 e. The average Bonchev–Trinajstić information content (AvgIpc) is 3.00. The number of piperidine rings is 1. The van der Waals surface area contributed by atoms with Gasteiger partial charge in [-0.05, 0) is 32.1 Å². The normalized spacial score (nSPS) is 23.1. The van der Waals surface area contributed by atoms with Crippen LogP contribution in [0.3, 0.4) is 0 Å². The van der Waals surface area contributed by atoms with Crippen LogP contribution in [-0.4, -0.2) is 53.9 Å². The number of carbonyl (C=O) groups is 1. The summed E-state index contributed by atoms with van der Waals surface area (Å²) in [5, 5.41) is 15.4. The van der Waals surface area contributed by atoms with Gasteiger partial charge in [0, 0.05) is 31.7 Å². The molecule has 0 aromatic carbocycles. The van der Waals surface area contributed by atoms with Crippen molar-refractivity contribution in [3.8, 4) is 0 Å². The summed E-state index contributed by atoms with van der Waals surface area (Å²) in [4.78, 5) is 14.4. The van der Waals surface area contributed by atoms with E-state index >= 15 is 0 Å². The van der Waals surface area contributed by atoms with Crippen LogP contribution in [0.15, 0.2) is 0 Å². The van der Waals surface area contributed by atoms with Crippen LogP contribution in [0, 0.1) is 0 Å². The lowest BCUT2D eigenvalue weighted by molar-refractivity contribution is 0.142. The number of aliphatic hydroxyl groups excluding tert-OH is 1. The minimum absolute atomic E-state index is 0.135. The van der Waals surface area contributed by atoms with Gasteiger partial charge in [-0.2, -0.15) is 0 Å². The number of likely N-dealkylation sites (tertiary alicyclic amines) is 1. The van der Waals surface area contributed by atoms with E-state index in [9.17, 15) is 9.90 Å². The van der Waals surface area contributed by atoms with Crippen molar-refractivity contribution in [1.29, 1.82) is 0 Å². The maximum absolute atomic E-state index is 11.8. The number of nitrogens with one attached hydrogen (secondary N) is 2. The van der Waals surface area contributed by atoms with Gasteiger partial charge in [-0.1, -0.05) is 26.2 Å². The predicted octanol–water partition coefficient (Wildman–Crippen LogP) is 1.85. The van der Waals surface area contributed by atoms with Gasteiger partial charge < -0.3 is 20.6 Å². The molecule has 0 bridgehead atoms. The van der Waals surface area contributed by atoms with E-state index in [1.807, 2.05) is 6.92 Å². The van der Waals surface area contributed by atoms with Crippen LogP contribution in [0.25, 0.3) is 0 Å². The summed E-state index contributed by atoms with van der Waals surface area (Å²) in [5.74, 6) is 0. The quantitative estimate of drug-likeness (QED) is 0.701. The van der Waals surface area contributed by atoms with Crippen LogP contribution in [0.5, 0.6) is 0 Å². The number of nitrogens with zero attached hydrogens (tertiary/aromatic N) is 1. The molecule has 122 valence electrons. The Bertz CT molecular complexity index is 311. The van der Waals surface area contributed by atoms with Crippen LogP contribution in [0.1, 0.15) is 58.3 Å². The zero-order valence-corrected chi connectivity index (χ0v) is 13.3. The molecule has 1 heterocycles. The standard InChI is InChI=1S/C16H31N3O2/c1-2-5-15(20)12-17-16(21)18-13-8-10-19(11-9-13)14-6-3-4-7-14/h13-15,20H,2-12H2,1H3,(H2,17,18,21). The second-order valence-electron chi connectivity index (χ2n) is 6.55. The summed E-state index contributed by atoms with van der Waals surface area (Å²) in [6, 6.07) is 0.944. The van der Waals surface area contributed by atoms with Crippen molar-refractivity contribution in [3.05, 3.63) is 0 Å². The molecule has 2 aliphatic rings. The van der Waals surface area contributed by atoms with Gasteiger partial charge in [0.15, 0.2) is 0 Å². The molecule has 0 aromatic heterocycles. The van der Waals surface area contributed by atoms with E-state index in [0.29, 0.717) is 6.54 Å². The minimum atomic E-state index is -0.426. The first-order valence-corrected chi connectivity index (χ1v) is 8.65. The van der Waals surface area contributed by atoms with E-state index in [1.165, 1.54) is 25.7 Å². The second-order valence-corrected chi connectivity index (χ2v) is 6.55. The number of hydrogen-bond acceptors (Lipinski definition) is 3. The summed E-state index contributed by atoms with van der Waals surface area (Å²) in [5.41, 5.74) is 0. The Balaban J connectivity index is 1.60. The van der Waals surface area contributed by atoms with Gasteiger partial charge in [0.2, 0.25) is 0 Å². The Morgan fingerprint density at radius 1 is 1.24 bits per heavy atom. The van der Waals surface area contributed by atoms with E-state index in [1.54, 1.807) is 0 Å². The molecule has 2 fully saturated rings. The van der Waals surface area contributed by atoms with Crippen molar-refractivity contribution in [3.63, 3.8) is 0 Å². The van der Waals surface area contributed by atoms with Gasteiger partial charge in [0.05, 0.1) is 6.10 Å². The van der Waals surface area contributed by atoms with Crippen molar-refractivity contribution in [2.24, 2.45) is 0 Å². The number of aliphatic hydroxyl groups is 1. The molecule has 2 rings (SSSR count). The third-order valence-electron chi connectivity index (χ3n) is 4.83. The van der Waals surface area contributed by atoms with Crippen LogP contribution in [0.2, 0.25) is 0 Å². The summed E-state index contributed by atoms with van der Waals surface area (Å²) in [6.07, 6.45) is 8.80. The first-order chi connectivity index (χ1) is 10.2. The Morgan fingerprint density at radius 2 is 1.90 bits per heavy atom. The van der Waals surface area contributed by atoms with Gasteiger partial charge in [-0.25, -0.2) is 4.79 Å². The highest BCUT2D eigenvalue weighted by Crippen LogP contribution is 2.26. The topological polar surface area (TPSA) is 64.6 Å². The molecule has 21 heavy (non-hydrogen) atoms. The highest BCUT2D eigenvalue weighted by molar-refractivity contribution is 5.74. The van der Waals surface area contributed by atoms with Crippen LogP contribution in [-0.2, 0) is 0 Å². The summed E-state index contributed by atoms with van der Waals surface area (Å²) < 4.78 is 0. The number of hydrogen-bond donors (Lipinski definition) is 3. The monoisotopic (exact) mass is 297 g/mol. The van der Waals surface area contributed by atoms with Crippen LogP contribution in [0.4, 0.5) is 4.79 Å². The van der Waals surface area contributed by atoms with Crippen LogP contribution >= 0.6 is 0 Å². The van der Waals surface area contributed by atoms with Crippen LogP contribution < -0.4 is 10.6 Å².